The standard InChI is InChI=1S/C15H18N2O2/c16-10-11-19-14-9-5-4-8-13(14)17-15(18)12-6-2-1-3-7-12/h4-5,8-9,12H,1-3,6-7,11H2,(H,17,18). The van der Waals surface area contributed by atoms with Crippen LogP contribution in [-0.2, 0) is 4.79 Å². The van der Waals surface area contributed by atoms with Gasteiger partial charge in [0.25, 0.3) is 0 Å². The fourth-order valence-corrected chi connectivity index (χ4v) is 2.41. The van der Waals surface area contributed by atoms with Gasteiger partial charge in [0.1, 0.15) is 11.8 Å². The molecule has 1 aliphatic carbocycles. The number of carbonyl (C=O) groups excluding carboxylic acids is 1. The average Bonchev–Trinajstić information content (AvgIpc) is 2.47. The number of hydrogen-bond acceptors (Lipinski definition) is 3. The number of rotatable bonds is 4. The van der Waals surface area contributed by atoms with Gasteiger partial charge in [-0.25, -0.2) is 0 Å². The van der Waals surface area contributed by atoms with Crippen LogP contribution in [0.4, 0.5) is 5.69 Å². The lowest BCUT2D eigenvalue weighted by molar-refractivity contribution is -0.120. The molecule has 0 radical (unpaired) electrons. The first-order valence-corrected chi connectivity index (χ1v) is 6.71. The van der Waals surface area contributed by atoms with E-state index in [0.29, 0.717) is 11.4 Å². The fourth-order valence-electron chi connectivity index (χ4n) is 2.41. The summed E-state index contributed by atoms with van der Waals surface area (Å²) in [5.41, 5.74) is 0.647. The normalized spacial score (nSPS) is 15.5. The smallest absolute Gasteiger partial charge is 0.227 e. The molecule has 0 unspecified atom stereocenters. The van der Waals surface area contributed by atoms with Crippen molar-refractivity contribution in [2.75, 3.05) is 11.9 Å². The summed E-state index contributed by atoms with van der Waals surface area (Å²) in [5.74, 6) is 0.721. The van der Waals surface area contributed by atoms with Gasteiger partial charge in [0, 0.05) is 5.92 Å². The van der Waals surface area contributed by atoms with Gasteiger partial charge in [0.15, 0.2) is 6.61 Å². The maximum Gasteiger partial charge on any atom is 0.227 e. The van der Waals surface area contributed by atoms with E-state index in [1.807, 2.05) is 18.2 Å². The quantitative estimate of drug-likeness (QED) is 0.902. The van der Waals surface area contributed by atoms with Gasteiger partial charge in [-0.05, 0) is 25.0 Å². The molecule has 1 N–H and O–H groups in total. The molecule has 0 heterocycles. The van der Waals surface area contributed by atoms with Gasteiger partial charge in [-0.2, -0.15) is 5.26 Å². The van der Waals surface area contributed by atoms with Crippen molar-refractivity contribution < 1.29 is 9.53 Å². The second kappa shape index (κ2) is 6.79. The summed E-state index contributed by atoms with van der Waals surface area (Å²) < 4.78 is 5.30. The SMILES string of the molecule is N#CCOc1ccccc1NC(=O)C1CCCCC1. The Morgan fingerprint density at radius 3 is 2.79 bits per heavy atom. The third-order valence-electron chi connectivity index (χ3n) is 3.41. The van der Waals surface area contributed by atoms with Crippen LogP contribution in [0, 0.1) is 17.2 Å². The molecule has 1 aliphatic rings. The average molecular weight is 258 g/mol. The van der Waals surface area contributed by atoms with Crippen LogP contribution in [0.5, 0.6) is 5.75 Å². The number of anilines is 1. The highest BCUT2D eigenvalue weighted by atomic mass is 16.5. The van der Waals surface area contributed by atoms with Gasteiger partial charge in [0.2, 0.25) is 5.91 Å². The van der Waals surface area contributed by atoms with Gasteiger partial charge in [-0.15, -0.1) is 0 Å². The second-order valence-corrected chi connectivity index (χ2v) is 4.77. The highest BCUT2D eigenvalue weighted by Crippen LogP contribution is 2.28. The Morgan fingerprint density at radius 1 is 1.32 bits per heavy atom. The van der Waals surface area contributed by atoms with E-state index in [9.17, 15) is 4.79 Å². The van der Waals surface area contributed by atoms with E-state index in [-0.39, 0.29) is 18.4 Å². The summed E-state index contributed by atoms with van der Waals surface area (Å²) >= 11 is 0. The molecule has 1 aromatic carbocycles. The van der Waals surface area contributed by atoms with Crippen molar-refractivity contribution in [2.45, 2.75) is 32.1 Å². The zero-order valence-corrected chi connectivity index (χ0v) is 10.9. The summed E-state index contributed by atoms with van der Waals surface area (Å²) in [6, 6.07) is 9.15. The van der Waals surface area contributed by atoms with Crippen LogP contribution in [0.15, 0.2) is 24.3 Å². The summed E-state index contributed by atoms with van der Waals surface area (Å²) in [4.78, 5) is 12.2. The van der Waals surface area contributed by atoms with Crippen LogP contribution in [0.25, 0.3) is 0 Å². The van der Waals surface area contributed by atoms with Crippen molar-refractivity contribution in [1.82, 2.24) is 0 Å². The molecule has 19 heavy (non-hydrogen) atoms. The van der Waals surface area contributed by atoms with E-state index in [0.717, 1.165) is 25.7 Å². The zero-order valence-electron chi connectivity index (χ0n) is 10.9. The van der Waals surface area contributed by atoms with Crippen LogP contribution in [0.1, 0.15) is 32.1 Å². The van der Waals surface area contributed by atoms with Crippen LogP contribution >= 0.6 is 0 Å². The number of nitrogens with one attached hydrogen (secondary N) is 1. The molecule has 0 bridgehead atoms. The molecule has 100 valence electrons. The predicted octanol–water partition coefficient (Wildman–Crippen LogP) is 3.11. The maximum atomic E-state index is 12.2. The van der Waals surface area contributed by atoms with Crippen molar-refractivity contribution in [3.8, 4) is 11.8 Å². The number of benzene rings is 1. The maximum absolute atomic E-state index is 12.2. The summed E-state index contributed by atoms with van der Waals surface area (Å²) in [5, 5.41) is 11.5. The van der Waals surface area contributed by atoms with E-state index in [2.05, 4.69) is 5.32 Å². The number of carbonyl (C=O) groups is 1. The van der Waals surface area contributed by atoms with Gasteiger partial charge >= 0.3 is 0 Å². The van der Waals surface area contributed by atoms with Crippen LogP contribution in [-0.4, -0.2) is 12.5 Å². The summed E-state index contributed by atoms with van der Waals surface area (Å²) in [6.45, 7) is -0.0175. The predicted molar refractivity (Wildman–Crippen MR) is 72.8 cm³/mol. The Kier molecular flexibility index (Phi) is 4.79. The molecule has 1 saturated carbocycles. The largest absolute Gasteiger partial charge is 0.477 e. The van der Waals surface area contributed by atoms with E-state index in [1.165, 1.54) is 6.42 Å². The molecule has 4 nitrogen and oxygen atoms in total. The van der Waals surface area contributed by atoms with Gasteiger partial charge in [-0.1, -0.05) is 31.4 Å². The lowest BCUT2D eigenvalue weighted by Crippen LogP contribution is -2.25. The minimum Gasteiger partial charge on any atom is -0.477 e. The second-order valence-electron chi connectivity index (χ2n) is 4.77. The number of nitrogens with zero attached hydrogens (tertiary/aromatic N) is 1. The molecule has 4 heteroatoms. The molecule has 0 aromatic heterocycles. The van der Waals surface area contributed by atoms with E-state index in [4.69, 9.17) is 10.00 Å². The van der Waals surface area contributed by atoms with E-state index >= 15 is 0 Å². The molecule has 0 aliphatic heterocycles. The zero-order chi connectivity index (χ0) is 13.5. The molecule has 2 rings (SSSR count). The highest BCUT2D eigenvalue weighted by molar-refractivity contribution is 5.93. The Balaban J connectivity index is 2.01. The van der Waals surface area contributed by atoms with Crippen molar-refractivity contribution in [1.29, 1.82) is 5.26 Å². The van der Waals surface area contributed by atoms with Crippen molar-refractivity contribution in [3.05, 3.63) is 24.3 Å². The molecule has 0 atom stereocenters. The Hall–Kier alpha value is -2.02. The topological polar surface area (TPSA) is 62.1 Å². The van der Waals surface area contributed by atoms with Gasteiger partial charge in [-0.3, -0.25) is 4.79 Å². The molecular formula is C15H18N2O2. The Bertz CT molecular complexity index is 473. The van der Waals surface area contributed by atoms with Crippen LogP contribution in [0.3, 0.4) is 0 Å². The monoisotopic (exact) mass is 258 g/mol. The summed E-state index contributed by atoms with van der Waals surface area (Å²) in [6.07, 6.45) is 5.42. The molecule has 1 amide bonds. The van der Waals surface area contributed by atoms with Crippen LogP contribution < -0.4 is 10.1 Å². The van der Waals surface area contributed by atoms with Crippen molar-refractivity contribution in [3.63, 3.8) is 0 Å². The lowest BCUT2D eigenvalue weighted by atomic mass is 9.88. The molecule has 0 saturated heterocycles. The number of para-hydroxylation sites is 2. The third kappa shape index (κ3) is 3.72. The molecule has 1 fully saturated rings. The van der Waals surface area contributed by atoms with Crippen molar-refractivity contribution >= 4 is 11.6 Å². The number of amides is 1. The Morgan fingerprint density at radius 2 is 2.05 bits per heavy atom. The Labute approximate surface area is 113 Å². The molecule has 0 spiro atoms. The first-order chi connectivity index (χ1) is 9.31. The van der Waals surface area contributed by atoms with Gasteiger partial charge in [0.05, 0.1) is 5.69 Å². The highest BCUT2D eigenvalue weighted by Gasteiger charge is 2.21. The van der Waals surface area contributed by atoms with E-state index in [1.54, 1.807) is 12.1 Å². The number of ether oxygens (including phenoxy) is 1. The van der Waals surface area contributed by atoms with Crippen LogP contribution in [0.2, 0.25) is 0 Å². The first-order valence-electron chi connectivity index (χ1n) is 6.71. The van der Waals surface area contributed by atoms with Crippen molar-refractivity contribution in [2.24, 2.45) is 5.92 Å². The molecule has 1 aromatic rings. The lowest BCUT2D eigenvalue weighted by Gasteiger charge is -2.21. The van der Waals surface area contributed by atoms with Gasteiger partial charge < -0.3 is 10.1 Å². The minimum absolute atomic E-state index is 0.0175. The number of nitriles is 1. The minimum atomic E-state index is -0.0175. The first kappa shape index (κ1) is 13.4. The summed E-state index contributed by atoms with van der Waals surface area (Å²) in [7, 11) is 0. The molecular weight excluding hydrogens is 240 g/mol. The number of hydrogen-bond donors (Lipinski definition) is 1. The fraction of sp³-hybridized carbons (Fsp3) is 0.467. The van der Waals surface area contributed by atoms with E-state index < -0.39 is 0 Å². The third-order valence-corrected chi connectivity index (χ3v) is 3.41.